The van der Waals surface area contributed by atoms with Gasteiger partial charge in [-0.3, -0.25) is 9.79 Å². The highest BCUT2D eigenvalue weighted by molar-refractivity contribution is 6.03. The minimum absolute atomic E-state index is 0.219. The van der Waals surface area contributed by atoms with Gasteiger partial charge in [-0.05, 0) is 26.3 Å². The lowest BCUT2D eigenvalue weighted by molar-refractivity contribution is -0.138. The number of hydrogen-bond donors (Lipinski definition) is 2. The van der Waals surface area contributed by atoms with Crippen LogP contribution in [0.3, 0.4) is 0 Å². The predicted molar refractivity (Wildman–Crippen MR) is 76.7 cm³/mol. The maximum Gasteiger partial charge on any atom is 0.420 e. The van der Waals surface area contributed by atoms with Gasteiger partial charge in [0.05, 0.1) is 6.20 Å². The topological polar surface area (TPSA) is 74.6 Å². The average Bonchev–Trinajstić information content (AvgIpc) is 2.44. The lowest BCUT2D eigenvalue weighted by Crippen LogP contribution is -2.15. The summed E-state index contributed by atoms with van der Waals surface area (Å²) < 4.78 is 37.9. The van der Waals surface area contributed by atoms with Crippen molar-refractivity contribution < 1.29 is 23.1 Å². The molecule has 120 valence electrons. The normalized spacial score (nSPS) is 13.2. The Morgan fingerprint density at radius 3 is 2.64 bits per heavy atom. The molecule has 8 heteroatoms. The quantitative estimate of drug-likeness (QED) is 0.659. The highest BCUT2D eigenvalue weighted by Crippen LogP contribution is 2.36. The van der Waals surface area contributed by atoms with Gasteiger partial charge < -0.3 is 10.4 Å². The molecule has 2 N–H and O–H groups in total. The summed E-state index contributed by atoms with van der Waals surface area (Å²) in [6, 6.07) is 0.571. The molecule has 1 aromatic heterocycles. The van der Waals surface area contributed by atoms with E-state index in [-0.39, 0.29) is 11.4 Å². The van der Waals surface area contributed by atoms with E-state index in [0.717, 1.165) is 12.1 Å². The molecule has 1 amide bonds. The number of alkyl halides is 3. The number of anilines is 1. The van der Waals surface area contributed by atoms with Crippen LogP contribution in [0, 0.1) is 0 Å². The van der Waals surface area contributed by atoms with Crippen molar-refractivity contribution in [1.82, 2.24) is 4.98 Å². The van der Waals surface area contributed by atoms with Crippen LogP contribution >= 0.6 is 0 Å². The van der Waals surface area contributed by atoms with Crippen LogP contribution in [-0.4, -0.2) is 21.7 Å². The molecule has 22 heavy (non-hydrogen) atoms. The van der Waals surface area contributed by atoms with Crippen LogP contribution < -0.4 is 5.32 Å². The second-order valence-electron chi connectivity index (χ2n) is 4.57. The van der Waals surface area contributed by atoms with Gasteiger partial charge in [-0.1, -0.05) is 6.92 Å². The van der Waals surface area contributed by atoms with Gasteiger partial charge in [-0.25, -0.2) is 4.98 Å². The molecule has 5 nitrogen and oxygen atoms in total. The third kappa shape index (κ3) is 4.87. The maximum absolute atomic E-state index is 12.6. The molecule has 0 fully saturated rings. The van der Waals surface area contributed by atoms with Crippen molar-refractivity contribution in [2.45, 2.75) is 33.4 Å². The molecule has 0 aliphatic carbocycles. The smallest absolute Gasteiger partial charge is 0.420 e. The SMILES string of the molecule is CC/C(C)=N/C=C(\C)C(=O)Nc1cc(C(F)(F)F)c(O)cn1. The summed E-state index contributed by atoms with van der Waals surface area (Å²) in [5, 5.41) is 11.4. The summed E-state index contributed by atoms with van der Waals surface area (Å²) in [6.07, 6.45) is -2.05. The lowest BCUT2D eigenvalue weighted by atomic mass is 10.2. The zero-order chi connectivity index (χ0) is 16.9. The first-order chi connectivity index (χ1) is 10.1. The zero-order valence-corrected chi connectivity index (χ0v) is 12.3. The number of carbonyl (C=O) groups is 1. The van der Waals surface area contributed by atoms with E-state index in [1.807, 2.05) is 6.92 Å². The molecular formula is C14H16F3N3O2. The Labute approximate surface area is 125 Å². The average molecular weight is 315 g/mol. The van der Waals surface area contributed by atoms with Crippen LogP contribution in [0.25, 0.3) is 0 Å². The Morgan fingerprint density at radius 2 is 2.09 bits per heavy atom. The fourth-order valence-electron chi connectivity index (χ4n) is 1.32. The highest BCUT2D eigenvalue weighted by atomic mass is 19.4. The monoisotopic (exact) mass is 315 g/mol. The van der Waals surface area contributed by atoms with E-state index < -0.39 is 23.4 Å². The Balaban J connectivity index is 2.94. The number of nitrogens with one attached hydrogen (secondary N) is 1. The van der Waals surface area contributed by atoms with E-state index in [4.69, 9.17) is 5.11 Å². The van der Waals surface area contributed by atoms with Crippen molar-refractivity contribution in [3.8, 4) is 5.75 Å². The Kier molecular flexibility index (Phi) is 5.67. The highest BCUT2D eigenvalue weighted by Gasteiger charge is 2.34. The molecule has 0 unspecified atom stereocenters. The number of aromatic hydroxyl groups is 1. The molecule has 0 saturated heterocycles. The molecule has 0 aromatic carbocycles. The van der Waals surface area contributed by atoms with Crippen molar-refractivity contribution >= 4 is 17.4 Å². The number of halogens is 3. The summed E-state index contributed by atoms with van der Waals surface area (Å²) >= 11 is 0. The number of rotatable bonds is 4. The van der Waals surface area contributed by atoms with E-state index in [1.54, 1.807) is 6.92 Å². The van der Waals surface area contributed by atoms with Gasteiger partial charge in [0, 0.05) is 17.5 Å². The third-order valence-corrected chi connectivity index (χ3v) is 2.78. The lowest BCUT2D eigenvalue weighted by Gasteiger charge is -2.10. The fraction of sp³-hybridized carbons (Fsp3) is 0.357. The zero-order valence-electron chi connectivity index (χ0n) is 12.3. The molecule has 0 spiro atoms. The predicted octanol–water partition coefficient (Wildman–Crippen LogP) is 3.52. The number of pyridine rings is 1. The van der Waals surface area contributed by atoms with Crippen LogP contribution in [0.1, 0.15) is 32.8 Å². The Bertz CT molecular complexity index is 622. The van der Waals surface area contributed by atoms with E-state index in [2.05, 4.69) is 15.3 Å². The van der Waals surface area contributed by atoms with Crippen LogP contribution in [0.15, 0.2) is 29.0 Å². The van der Waals surface area contributed by atoms with Gasteiger partial charge in [0.25, 0.3) is 5.91 Å². The number of aromatic nitrogens is 1. The van der Waals surface area contributed by atoms with E-state index in [1.165, 1.54) is 13.1 Å². The van der Waals surface area contributed by atoms with Crippen molar-refractivity contribution in [1.29, 1.82) is 0 Å². The van der Waals surface area contributed by atoms with E-state index in [0.29, 0.717) is 12.3 Å². The van der Waals surface area contributed by atoms with Gasteiger partial charge in [0.2, 0.25) is 0 Å². The number of aliphatic imine (C=N–C) groups is 1. The van der Waals surface area contributed by atoms with Gasteiger partial charge in [0.15, 0.2) is 0 Å². The van der Waals surface area contributed by atoms with Crippen LogP contribution in [0.5, 0.6) is 5.75 Å². The number of hydrogen-bond acceptors (Lipinski definition) is 4. The van der Waals surface area contributed by atoms with Gasteiger partial charge in [-0.15, -0.1) is 0 Å². The minimum atomic E-state index is -4.74. The molecule has 0 aliphatic rings. The second kappa shape index (κ2) is 7.06. The third-order valence-electron chi connectivity index (χ3n) is 2.78. The second-order valence-corrected chi connectivity index (χ2v) is 4.57. The van der Waals surface area contributed by atoms with Crippen LogP contribution in [0.4, 0.5) is 19.0 Å². The Hall–Kier alpha value is -2.38. The summed E-state index contributed by atoms with van der Waals surface area (Å²) in [7, 11) is 0. The van der Waals surface area contributed by atoms with Gasteiger partial charge in [0.1, 0.15) is 17.1 Å². The summed E-state index contributed by atoms with van der Waals surface area (Å²) in [4.78, 5) is 19.4. The molecule has 0 atom stereocenters. The van der Waals surface area contributed by atoms with Gasteiger partial charge >= 0.3 is 6.18 Å². The fourth-order valence-corrected chi connectivity index (χ4v) is 1.32. The largest absolute Gasteiger partial charge is 0.506 e. The van der Waals surface area contributed by atoms with Crippen LogP contribution in [-0.2, 0) is 11.0 Å². The van der Waals surface area contributed by atoms with Crippen molar-refractivity contribution in [2.75, 3.05) is 5.32 Å². The first kappa shape index (κ1) is 17.7. The van der Waals surface area contributed by atoms with E-state index in [9.17, 15) is 18.0 Å². The minimum Gasteiger partial charge on any atom is -0.506 e. The summed E-state index contributed by atoms with van der Waals surface area (Å²) in [6.45, 7) is 5.17. The van der Waals surface area contributed by atoms with E-state index >= 15 is 0 Å². The summed E-state index contributed by atoms with van der Waals surface area (Å²) in [5.74, 6) is -1.93. The molecule has 1 rings (SSSR count). The standard InChI is InChI=1S/C14H16F3N3O2/c1-4-9(3)18-6-8(2)13(22)20-12-5-10(14(15,16)17)11(21)7-19-12/h5-7,21H,4H2,1-3H3,(H,19,20,22)/b8-6+,18-9+. The summed E-state index contributed by atoms with van der Waals surface area (Å²) in [5.41, 5.74) is -0.232. The molecule has 1 heterocycles. The molecule has 0 radical (unpaired) electrons. The Morgan fingerprint density at radius 1 is 1.45 bits per heavy atom. The maximum atomic E-state index is 12.6. The molecule has 0 bridgehead atoms. The van der Waals surface area contributed by atoms with Crippen molar-refractivity contribution in [3.63, 3.8) is 0 Å². The number of carbonyl (C=O) groups excluding carboxylic acids is 1. The number of amides is 1. The van der Waals surface area contributed by atoms with Crippen LogP contribution in [0.2, 0.25) is 0 Å². The molecular weight excluding hydrogens is 299 g/mol. The van der Waals surface area contributed by atoms with Gasteiger partial charge in [-0.2, -0.15) is 13.2 Å². The molecule has 0 saturated carbocycles. The first-order valence-corrected chi connectivity index (χ1v) is 6.42. The van der Waals surface area contributed by atoms with Crippen molar-refractivity contribution in [2.24, 2.45) is 4.99 Å². The number of nitrogens with zero attached hydrogens (tertiary/aromatic N) is 2. The molecule has 1 aromatic rings. The first-order valence-electron chi connectivity index (χ1n) is 6.42. The molecule has 0 aliphatic heterocycles. The van der Waals surface area contributed by atoms with Crippen molar-refractivity contribution in [3.05, 3.63) is 29.6 Å².